The van der Waals surface area contributed by atoms with Gasteiger partial charge in [-0.25, -0.2) is 4.98 Å². The van der Waals surface area contributed by atoms with E-state index in [9.17, 15) is 4.79 Å². The minimum absolute atomic E-state index is 0.108. The number of nitrogens with one attached hydrogen (secondary N) is 1. The van der Waals surface area contributed by atoms with Crippen molar-refractivity contribution in [3.05, 3.63) is 83.4 Å². The Balaban J connectivity index is 1.72. The zero-order valence-electron chi connectivity index (χ0n) is 13.2. The fourth-order valence-corrected chi connectivity index (χ4v) is 3.26. The summed E-state index contributed by atoms with van der Waals surface area (Å²) in [6.07, 6.45) is 4.63. The van der Waals surface area contributed by atoms with Gasteiger partial charge in [0.2, 0.25) is 5.43 Å². The number of hydrogen-bond acceptors (Lipinski definition) is 3. The molecular formula is C21H13N3O. The third-order valence-electron chi connectivity index (χ3n) is 4.55. The van der Waals surface area contributed by atoms with E-state index in [1.165, 1.54) is 22.4 Å². The largest absolute Gasteiger partial charge is 0.344 e. The third kappa shape index (κ3) is 2.19. The molecule has 0 saturated heterocycles. The van der Waals surface area contributed by atoms with Gasteiger partial charge in [0, 0.05) is 18.0 Å². The van der Waals surface area contributed by atoms with Crippen molar-refractivity contribution in [3.63, 3.8) is 0 Å². The molecule has 0 amide bonds. The first-order valence-electron chi connectivity index (χ1n) is 8.05. The van der Waals surface area contributed by atoms with E-state index in [1.807, 2.05) is 12.1 Å². The Morgan fingerprint density at radius 2 is 1.64 bits per heavy atom. The van der Waals surface area contributed by atoms with E-state index in [0.29, 0.717) is 17.1 Å². The molecule has 2 aliphatic heterocycles. The monoisotopic (exact) mass is 323 g/mol. The number of nitrogens with zero attached hydrogens (tertiary/aromatic N) is 2. The molecule has 5 rings (SSSR count). The lowest BCUT2D eigenvalue weighted by molar-refractivity contribution is 1.23. The molecule has 2 heterocycles. The van der Waals surface area contributed by atoms with Crippen molar-refractivity contribution < 1.29 is 0 Å². The summed E-state index contributed by atoms with van der Waals surface area (Å²) in [5.74, 6) is 0.701. The SMILES string of the molecule is O=c1cnc2c[nH]c(-c3ccc4c(ccc5ccccc54)c3)ncc1-2. The Hall–Kier alpha value is -3.53. The first kappa shape index (κ1) is 13.9. The number of rotatable bonds is 1. The quantitative estimate of drug-likeness (QED) is 0.469. The lowest BCUT2D eigenvalue weighted by Gasteiger charge is -2.06. The van der Waals surface area contributed by atoms with Gasteiger partial charge in [0.25, 0.3) is 0 Å². The zero-order chi connectivity index (χ0) is 16.8. The highest BCUT2D eigenvalue weighted by molar-refractivity contribution is 6.08. The molecule has 0 radical (unpaired) electrons. The Morgan fingerprint density at radius 1 is 0.800 bits per heavy atom. The maximum Gasteiger partial charge on any atom is 0.207 e. The van der Waals surface area contributed by atoms with Crippen molar-refractivity contribution in [1.82, 2.24) is 15.0 Å². The molecule has 0 unspecified atom stereocenters. The number of benzene rings is 3. The summed E-state index contributed by atoms with van der Waals surface area (Å²) in [7, 11) is 0. The summed E-state index contributed by atoms with van der Waals surface area (Å²) in [6, 6.07) is 18.9. The smallest absolute Gasteiger partial charge is 0.207 e. The highest BCUT2D eigenvalue weighted by Gasteiger charge is 2.09. The predicted octanol–water partition coefficient (Wildman–Crippen LogP) is 4.24. The van der Waals surface area contributed by atoms with E-state index in [0.717, 1.165) is 10.9 Å². The first-order valence-corrected chi connectivity index (χ1v) is 8.05. The molecule has 4 nitrogen and oxygen atoms in total. The summed E-state index contributed by atoms with van der Waals surface area (Å²) in [4.78, 5) is 23.4. The summed E-state index contributed by atoms with van der Waals surface area (Å²) in [5.41, 5.74) is 2.00. The summed E-state index contributed by atoms with van der Waals surface area (Å²) >= 11 is 0. The van der Waals surface area contributed by atoms with Gasteiger partial charge in [-0.3, -0.25) is 9.78 Å². The molecule has 1 N–H and O–H groups in total. The van der Waals surface area contributed by atoms with Gasteiger partial charge < -0.3 is 4.98 Å². The zero-order valence-corrected chi connectivity index (χ0v) is 13.2. The van der Waals surface area contributed by atoms with Crippen molar-refractivity contribution >= 4 is 21.5 Å². The van der Waals surface area contributed by atoms with Crippen molar-refractivity contribution in [2.45, 2.75) is 0 Å². The molecule has 0 spiro atoms. The summed E-state index contributed by atoms with van der Waals surface area (Å²) in [5, 5.41) is 4.83. The van der Waals surface area contributed by atoms with E-state index >= 15 is 0 Å². The van der Waals surface area contributed by atoms with Crippen molar-refractivity contribution in [3.8, 4) is 22.6 Å². The maximum atomic E-state index is 11.7. The lowest BCUT2D eigenvalue weighted by Crippen LogP contribution is -1.92. The van der Waals surface area contributed by atoms with Gasteiger partial charge in [-0.15, -0.1) is 0 Å². The van der Waals surface area contributed by atoms with E-state index in [2.05, 4.69) is 57.4 Å². The minimum atomic E-state index is -0.108. The molecular weight excluding hydrogens is 310 g/mol. The second kappa shape index (κ2) is 5.24. The molecule has 0 fully saturated rings. The van der Waals surface area contributed by atoms with Crippen LogP contribution in [0.1, 0.15) is 0 Å². The number of aromatic nitrogens is 3. The van der Waals surface area contributed by atoms with Crippen LogP contribution >= 0.6 is 0 Å². The van der Waals surface area contributed by atoms with Crippen LogP contribution in [0.5, 0.6) is 0 Å². The molecule has 3 aromatic carbocycles. The number of aromatic amines is 1. The molecule has 0 bridgehead atoms. The van der Waals surface area contributed by atoms with E-state index in [1.54, 1.807) is 12.4 Å². The van der Waals surface area contributed by atoms with E-state index < -0.39 is 0 Å². The van der Waals surface area contributed by atoms with Crippen LogP contribution < -0.4 is 5.43 Å². The van der Waals surface area contributed by atoms with Gasteiger partial charge in [-0.1, -0.05) is 48.5 Å². The molecule has 3 aromatic rings. The Bertz CT molecular complexity index is 1270. The standard InChI is InChI=1S/C21H13N3O/c25-20-12-22-19-11-24-21(23-10-18(19)20)15-7-8-17-14(9-15)6-5-13-3-1-2-4-16(13)17/h1-12H,(H,23,24). The van der Waals surface area contributed by atoms with Gasteiger partial charge in [-0.2, -0.15) is 0 Å². The lowest BCUT2D eigenvalue weighted by atomic mass is 10.00. The molecule has 0 atom stereocenters. The number of hydrogen-bond donors (Lipinski definition) is 1. The summed E-state index contributed by atoms with van der Waals surface area (Å²) < 4.78 is 0. The molecule has 118 valence electrons. The van der Waals surface area contributed by atoms with Crippen LogP contribution in [0.15, 0.2) is 78.0 Å². The topological polar surface area (TPSA) is 58.6 Å². The van der Waals surface area contributed by atoms with Gasteiger partial charge in [-0.05, 0) is 27.6 Å². The third-order valence-corrected chi connectivity index (χ3v) is 4.55. The van der Waals surface area contributed by atoms with Gasteiger partial charge in [0.1, 0.15) is 5.82 Å². The summed E-state index contributed by atoms with van der Waals surface area (Å²) in [6.45, 7) is 0. The molecule has 0 aliphatic carbocycles. The molecule has 0 saturated carbocycles. The van der Waals surface area contributed by atoms with Crippen LogP contribution in [0.2, 0.25) is 0 Å². The van der Waals surface area contributed by atoms with Crippen molar-refractivity contribution in [2.24, 2.45) is 0 Å². The van der Waals surface area contributed by atoms with Crippen LogP contribution in [-0.4, -0.2) is 15.0 Å². The second-order valence-electron chi connectivity index (χ2n) is 6.04. The Labute approximate surface area is 143 Å². The Morgan fingerprint density at radius 3 is 2.60 bits per heavy atom. The first-order chi connectivity index (χ1) is 12.3. The van der Waals surface area contributed by atoms with Crippen LogP contribution in [0, 0.1) is 0 Å². The van der Waals surface area contributed by atoms with Gasteiger partial charge in [0.15, 0.2) is 0 Å². The Kier molecular flexibility index (Phi) is 2.91. The van der Waals surface area contributed by atoms with Gasteiger partial charge >= 0.3 is 0 Å². The van der Waals surface area contributed by atoms with Crippen LogP contribution in [0.3, 0.4) is 0 Å². The van der Waals surface area contributed by atoms with E-state index in [-0.39, 0.29) is 5.43 Å². The normalized spacial score (nSPS) is 11.4. The van der Waals surface area contributed by atoms with Gasteiger partial charge in [0.05, 0.1) is 17.5 Å². The van der Waals surface area contributed by atoms with Crippen LogP contribution in [0.25, 0.3) is 44.2 Å². The average Bonchev–Trinajstić information content (AvgIpc) is 2.88. The maximum absolute atomic E-state index is 11.7. The van der Waals surface area contributed by atoms with E-state index in [4.69, 9.17) is 0 Å². The number of H-pyrrole nitrogens is 1. The van der Waals surface area contributed by atoms with Crippen molar-refractivity contribution in [2.75, 3.05) is 0 Å². The number of fused-ring (bicyclic) bond motifs is 4. The van der Waals surface area contributed by atoms with Crippen molar-refractivity contribution in [1.29, 1.82) is 0 Å². The highest BCUT2D eigenvalue weighted by Crippen LogP contribution is 2.28. The molecule has 4 heteroatoms. The van der Waals surface area contributed by atoms with Crippen LogP contribution in [0.4, 0.5) is 0 Å². The average molecular weight is 323 g/mol. The van der Waals surface area contributed by atoms with Crippen LogP contribution in [-0.2, 0) is 0 Å². The predicted molar refractivity (Wildman–Crippen MR) is 99.7 cm³/mol. The molecule has 2 aliphatic rings. The minimum Gasteiger partial charge on any atom is -0.344 e. The highest BCUT2D eigenvalue weighted by atomic mass is 16.1. The molecule has 25 heavy (non-hydrogen) atoms. The fourth-order valence-electron chi connectivity index (χ4n) is 3.26. The second-order valence-corrected chi connectivity index (χ2v) is 6.04. The molecule has 0 aromatic heterocycles. The fraction of sp³-hybridized carbons (Fsp3) is 0.